The molecule has 0 aliphatic heterocycles. The van der Waals surface area contributed by atoms with Crippen LogP contribution in [0.1, 0.15) is 77.1 Å². The molecule has 15 nitrogen and oxygen atoms in total. The fourth-order valence-corrected chi connectivity index (χ4v) is 6.14. The number of carbonyl (C=O) groups is 1. The SMILES string of the molecule is CC(C)c1cnnc(Nc2ccc3ncc(-c4ccnc(CC(=O)OC(C)(C)C)c4)cc3n2)c1.CC(C)c1cnnc(Nc2ccc3ncc(-c4cncc(N)c4)cc3n2)c1. The van der Waals surface area contributed by atoms with Crippen molar-refractivity contribution in [2.45, 2.75) is 72.3 Å². The van der Waals surface area contributed by atoms with E-state index in [4.69, 9.17) is 15.5 Å². The minimum Gasteiger partial charge on any atom is -0.460 e. The Morgan fingerprint density at radius 2 is 1.15 bits per heavy atom. The Morgan fingerprint density at radius 3 is 1.67 bits per heavy atom. The van der Waals surface area contributed by atoms with Crippen molar-refractivity contribution in [2.75, 3.05) is 16.4 Å². The van der Waals surface area contributed by atoms with Crippen LogP contribution in [0.2, 0.25) is 0 Å². The Kier molecular flexibility index (Phi) is 12.4. The van der Waals surface area contributed by atoms with Crippen LogP contribution in [0.25, 0.3) is 44.3 Å². The summed E-state index contributed by atoms with van der Waals surface area (Å²) in [5.41, 5.74) is 15.5. The van der Waals surface area contributed by atoms with Gasteiger partial charge in [0.15, 0.2) is 11.6 Å². The molecule has 8 aromatic heterocycles. The molecule has 8 aromatic rings. The number of esters is 1. The fourth-order valence-electron chi connectivity index (χ4n) is 6.14. The summed E-state index contributed by atoms with van der Waals surface area (Å²) in [6.07, 6.45) is 12.3. The van der Waals surface area contributed by atoms with Crippen molar-refractivity contribution in [3.8, 4) is 22.3 Å². The average molecular weight is 814 g/mol. The van der Waals surface area contributed by atoms with E-state index >= 15 is 0 Å². The number of anilines is 5. The highest BCUT2D eigenvalue weighted by Gasteiger charge is 2.17. The molecule has 0 aliphatic carbocycles. The van der Waals surface area contributed by atoms with Crippen molar-refractivity contribution in [3.63, 3.8) is 0 Å². The number of nitrogens with two attached hydrogens (primary N) is 1. The van der Waals surface area contributed by atoms with Crippen LogP contribution in [-0.2, 0) is 16.0 Å². The molecule has 8 heterocycles. The second-order valence-electron chi connectivity index (χ2n) is 16.0. The first kappa shape index (κ1) is 41.6. The zero-order valence-corrected chi connectivity index (χ0v) is 35.1. The number of hydrogen-bond acceptors (Lipinski definition) is 15. The van der Waals surface area contributed by atoms with Gasteiger partial charge in [0.05, 0.1) is 52.3 Å². The summed E-state index contributed by atoms with van der Waals surface area (Å²) in [5, 5.41) is 22.9. The highest BCUT2D eigenvalue weighted by molar-refractivity contribution is 5.83. The van der Waals surface area contributed by atoms with E-state index in [1.165, 1.54) is 0 Å². The Balaban J connectivity index is 0.000000189. The lowest BCUT2D eigenvalue weighted by Crippen LogP contribution is -2.25. The van der Waals surface area contributed by atoms with Crippen LogP contribution in [0.3, 0.4) is 0 Å². The van der Waals surface area contributed by atoms with Crippen molar-refractivity contribution in [1.29, 1.82) is 0 Å². The lowest BCUT2D eigenvalue weighted by Gasteiger charge is -2.19. The minimum atomic E-state index is -0.532. The molecule has 0 saturated heterocycles. The predicted molar refractivity (Wildman–Crippen MR) is 238 cm³/mol. The van der Waals surface area contributed by atoms with E-state index in [-0.39, 0.29) is 12.4 Å². The van der Waals surface area contributed by atoms with Gasteiger partial charge in [-0.15, -0.1) is 10.2 Å². The molecule has 0 bridgehead atoms. The Labute approximate surface area is 353 Å². The lowest BCUT2D eigenvalue weighted by atomic mass is 10.1. The van der Waals surface area contributed by atoms with Gasteiger partial charge in [-0.3, -0.25) is 24.7 Å². The van der Waals surface area contributed by atoms with Gasteiger partial charge in [0, 0.05) is 47.7 Å². The number of pyridine rings is 6. The number of fused-ring (bicyclic) bond motifs is 2. The number of ether oxygens (including phenoxy) is 1. The first-order valence-corrected chi connectivity index (χ1v) is 19.9. The standard InChI is InChI=1S/C26H28N6O2.C20H19N7/c1-16(2)18-12-24(32-29-15-18)31-23-7-6-21-22(30-23)11-19(14-28-21)17-8-9-27-20(10-17)13-25(33)34-26(3,4)5;1-12(2)13-7-20(27-24-10-13)26-19-4-3-17-18(25-19)6-15(9-23-17)14-5-16(21)11-22-8-14/h6-12,14-16H,13H2,1-5H3,(H,30,31,32);3-12H,21H2,1-2H3,(H,25,26,27). The number of nitrogens with zero attached hydrogens (tertiary/aromatic N) is 10. The normalized spacial score (nSPS) is 11.4. The number of aromatic nitrogens is 10. The maximum absolute atomic E-state index is 12.2. The maximum atomic E-state index is 12.2. The van der Waals surface area contributed by atoms with E-state index in [0.717, 1.165) is 55.4 Å². The zero-order chi connectivity index (χ0) is 43.1. The summed E-state index contributed by atoms with van der Waals surface area (Å²) in [6, 6.07) is 21.1. The summed E-state index contributed by atoms with van der Waals surface area (Å²) in [7, 11) is 0. The smallest absolute Gasteiger partial charge is 0.312 e. The van der Waals surface area contributed by atoms with Gasteiger partial charge in [-0.25, -0.2) is 9.97 Å². The summed E-state index contributed by atoms with van der Waals surface area (Å²) in [5.74, 6) is 3.07. The average Bonchev–Trinajstić information content (AvgIpc) is 3.23. The number of nitrogens with one attached hydrogen (secondary N) is 2. The zero-order valence-electron chi connectivity index (χ0n) is 35.1. The van der Waals surface area contributed by atoms with Crippen molar-refractivity contribution >= 4 is 57.0 Å². The molecule has 15 heteroatoms. The third kappa shape index (κ3) is 11.1. The van der Waals surface area contributed by atoms with E-state index in [9.17, 15) is 4.79 Å². The number of rotatable bonds is 10. The highest BCUT2D eigenvalue weighted by Crippen LogP contribution is 2.27. The predicted octanol–water partition coefficient (Wildman–Crippen LogP) is 9.16. The Hall–Kier alpha value is -7.55. The topological polar surface area (TPSA) is 205 Å². The third-order valence-corrected chi connectivity index (χ3v) is 9.26. The largest absolute Gasteiger partial charge is 0.460 e. The van der Waals surface area contributed by atoms with E-state index in [0.29, 0.717) is 46.5 Å². The molecule has 0 aromatic carbocycles. The van der Waals surface area contributed by atoms with E-state index < -0.39 is 5.60 Å². The van der Waals surface area contributed by atoms with Crippen LogP contribution < -0.4 is 16.4 Å². The van der Waals surface area contributed by atoms with Crippen molar-refractivity contribution < 1.29 is 9.53 Å². The molecule has 0 aliphatic rings. The van der Waals surface area contributed by atoms with Gasteiger partial charge < -0.3 is 21.1 Å². The van der Waals surface area contributed by atoms with Crippen LogP contribution in [0.15, 0.2) is 110 Å². The fraction of sp³-hybridized carbons (Fsp3) is 0.239. The summed E-state index contributed by atoms with van der Waals surface area (Å²) in [4.78, 5) is 39.1. The number of carbonyl (C=O) groups excluding carboxylic acids is 1. The van der Waals surface area contributed by atoms with Gasteiger partial charge in [0.2, 0.25) is 0 Å². The van der Waals surface area contributed by atoms with Gasteiger partial charge in [-0.2, -0.15) is 10.2 Å². The first-order valence-electron chi connectivity index (χ1n) is 19.9. The molecule has 0 amide bonds. The molecular formula is C46H47N13O2. The Bertz CT molecular complexity index is 2820. The highest BCUT2D eigenvalue weighted by atomic mass is 16.6. The number of nitrogen functional groups attached to an aromatic ring is 1. The Morgan fingerprint density at radius 1 is 0.607 bits per heavy atom. The van der Waals surface area contributed by atoms with Gasteiger partial charge in [-0.1, -0.05) is 27.7 Å². The molecule has 0 saturated carbocycles. The molecule has 0 radical (unpaired) electrons. The van der Waals surface area contributed by atoms with Gasteiger partial charge in [0.25, 0.3) is 0 Å². The lowest BCUT2D eigenvalue weighted by molar-refractivity contribution is -0.154. The van der Waals surface area contributed by atoms with Crippen LogP contribution >= 0.6 is 0 Å². The second kappa shape index (κ2) is 18.2. The third-order valence-electron chi connectivity index (χ3n) is 9.26. The summed E-state index contributed by atoms with van der Waals surface area (Å²) >= 11 is 0. The van der Waals surface area contributed by atoms with Crippen molar-refractivity contribution in [2.24, 2.45) is 0 Å². The molecule has 8 rings (SSSR count). The van der Waals surface area contributed by atoms with Crippen LogP contribution in [0.5, 0.6) is 0 Å². The molecule has 0 spiro atoms. The van der Waals surface area contributed by atoms with Gasteiger partial charge >= 0.3 is 5.97 Å². The van der Waals surface area contributed by atoms with E-state index in [2.05, 4.69) is 83.6 Å². The molecule has 0 fully saturated rings. The molecule has 4 N–H and O–H groups in total. The van der Waals surface area contributed by atoms with Gasteiger partial charge in [0.1, 0.15) is 17.2 Å². The van der Waals surface area contributed by atoms with Crippen LogP contribution in [0.4, 0.5) is 29.0 Å². The minimum absolute atomic E-state index is 0.106. The van der Waals surface area contributed by atoms with E-state index in [1.807, 2.05) is 87.5 Å². The second-order valence-corrected chi connectivity index (χ2v) is 16.0. The quantitative estimate of drug-likeness (QED) is 0.110. The van der Waals surface area contributed by atoms with Crippen molar-refractivity contribution in [3.05, 3.63) is 127 Å². The first-order chi connectivity index (χ1) is 29.2. The summed E-state index contributed by atoms with van der Waals surface area (Å²) in [6.45, 7) is 14.0. The molecule has 61 heavy (non-hydrogen) atoms. The molecule has 308 valence electrons. The van der Waals surface area contributed by atoms with E-state index in [1.54, 1.807) is 43.4 Å². The molecule has 0 atom stereocenters. The monoisotopic (exact) mass is 813 g/mol. The molecular weight excluding hydrogens is 767 g/mol. The molecule has 0 unspecified atom stereocenters. The van der Waals surface area contributed by atoms with Gasteiger partial charge in [-0.05, 0) is 116 Å². The number of hydrogen-bond donors (Lipinski definition) is 3. The van der Waals surface area contributed by atoms with Crippen LogP contribution in [0, 0.1) is 0 Å². The maximum Gasteiger partial charge on any atom is 0.312 e. The summed E-state index contributed by atoms with van der Waals surface area (Å²) < 4.78 is 5.41. The van der Waals surface area contributed by atoms with Crippen molar-refractivity contribution in [1.82, 2.24) is 50.3 Å². The van der Waals surface area contributed by atoms with Crippen LogP contribution in [-0.4, -0.2) is 61.9 Å².